The van der Waals surface area contributed by atoms with Gasteiger partial charge >= 0.3 is 0 Å². The number of piperidine rings is 1. The topological polar surface area (TPSA) is 67.9 Å². The van der Waals surface area contributed by atoms with Gasteiger partial charge in [-0.25, -0.2) is 0 Å². The van der Waals surface area contributed by atoms with Gasteiger partial charge in [0.1, 0.15) is 0 Å². The summed E-state index contributed by atoms with van der Waals surface area (Å²) in [5.74, 6) is 0.600. The molecule has 0 aromatic rings. The van der Waals surface area contributed by atoms with Gasteiger partial charge in [-0.1, -0.05) is 0 Å². The molecule has 1 saturated heterocycles. The summed E-state index contributed by atoms with van der Waals surface area (Å²) in [6.07, 6.45) is 2.46. The summed E-state index contributed by atoms with van der Waals surface area (Å²) in [6, 6.07) is 0. The van der Waals surface area contributed by atoms with Crippen LogP contribution in [0.2, 0.25) is 0 Å². The van der Waals surface area contributed by atoms with Crippen molar-refractivity contribution >= 4 is 0 Å². The van der Waals surface area contributed by atoms with E-state index >= 15 is 0 Å². The first-order chi connectivity index (χ1) is 13.9. The van der Waals surface area contributed by atoms with E-state index in [1.54, 1.807) is 14.2 Å². The summed E-state index contributed by atoms with van der Waals surface area (Å²) in [4.78, 5) is 2.47. The van der Waals surface area contributed by atoms with Gasteiger partial charge in [0, 0.05) is 27.3 Å². The minimum Gasteiger partial charge on any atom is -0.382 e. The van der Waals surface area contributed by atoms with Crippen molar-refractivity contribution in [3.05, 3.63) is 0 Å². The zero-order valence-electron chi connectivity index (χ0n) is 17.9. The first kappa shape index (κ1) is 25.7. The summed E-state index contributed by atoms with van der Waals surface area (Å²) in [6.45, 7) is 11.0. The van der Waals surface area contributed by atoms with Crippen LogP contribution in [0.3, 0.4) is 0 Å². The molecule has 1 atom stereocenters. The summed E-state index contributed by atoms with van der Waals surface area (Å²) in [7, 11) is 3.34. The number of methoxy groups -OCH3 is 2. The Balaban J connectivity index is 1.88. The van der Waals surface area contributed by atoms with Crippen LogP contribution >= 0.6 is 0 Å². The fourth-order valence-electron chi connectivity index (χ4n) is 2.98. The van der Waals surface area contributed by atoms with Gasteiger partial charge in [-0.05, 0) is 25.3 Å². The second kappa shape index (κ2) is 20.0. The molecule has 0 aliphatic carbocycles. The maximum Gasteiger partial charge on any atom is 0.0701 e. The van der Waals surface area contributed by atoms with E-state index in [0.717, 1.165) is 32.8 Å². The molecule has 0 amide bonds. The lowest BCUT2D eigenvalue weighted by Gasteiger charge is -2.32. The molecule has 1 heterocycles. The summed E-state index contributed by atoms with van der Waals surface area (Å²) in [5, 5.41) is 0. The zero-order chi connectivity index (χ0) is 20.1. The summed E-state index contributed by atoms with van der Waals surface area (Å²) in [5.41, 5.74) is 0. The second-order valence-electron chi connectivity index (χ2n) is 6.82. The molecular formula is C20H41NO7. The third kappa shape index (κ3) is 15.6. The lowest BCUT2D eigenvalue weighted by Crippen LogP contribution is -2.39. The van der Waals surface area contributed by atoms with Crippen LogP contribution in [0.25, 0.3) is 0 Å². The molecule has 0 N–H and O–H groups in total. The zero-order valence-corrected chi connectivity index (χ0v) is 17.9. The molecule has 8 heteroatoms. The largest absolute Gasteiger partial charge is 0.382 e. The summed E-state index contributed by atoms with van der Waals surface area (Å²) < 4.78 is 37.5. The molecule has 1 fully saturated rings. The van der Waals surface area contributed by atoms with Crippen LogP contribution in [0.5, 0.6) is 0 Å². The number of nitrogens with zero attached hydrogens (tertiary/aromatic N) is 1. The highest BCUT2D eigenvalue weighted by Gasteiger charge is 2.19. The van der Waals surface area contributed by atoms with Crippen LogP contribution in [-0.4, -0.2) is 118 Å². The Morgan fingerprint density at radius 1 is 0.643 bits per heavy atom. The minimum absolute atomic E-state index is 0.599. The molecule has 0 bridgehead atoms. The van der Waals surface area contributed by atoms with Gasteiger partial charge < -0.3 is 38.1 Å². The van der Waals surface area contributed by atoms with Crippen molar-refractivity contribution in [3.63, 3.8) is 0 Å². The third-order valence-electron chi connectivity index (χ3n) is 4.49. The molecular weight excluding hydrogens is 366 g/mol. The lowest BCUT2D eigenvalue weighted by molar-refractivity contribution is -0.00976. The molecule has 1 aliphatic rings. The van der Waals surface area contributed by atoms with E-state index in [1.165, 1.54) is 12.8 Å². The van der Waals surface area contributed by atoms with Crippen LogP contribution in [0.1, 0.15) is 12.8 Å². The highest BCUT2D eigenvalue weighted by Crippen LogP contribution is 2.16. The van der Waals surface area contributed by atoms with Gasteiger partial charge in [0.05, 0.1) is 79.3 Å². The van der Waals surface area contributed by atoms with E-state index in [-0.39, 0.29) is 0 Å². The van der Waals surface area contributed by atoms with Gasteiger partial charge in [0.15, 0.2) is 0 Å². The Morgan fingerprint density at radius 3 is 1.71 bits per heavy atom. The normalized spacial score (nSPS) is 18.0. The highest BCUT2D eigenvalue weighted by molar-refractivity contribution is 4.72. The smallest absolute Gasteiger partial charge is 0.0701 e. The van der Waals surface area contributed by atoms with E-state index in [0.29, 0.717) is 72.0 Å². The first-order valence-electron chi connectivity index (χ1n) is 10.5. The quantitative estimate of drug-likeness (QED) is 0.278. The SMILES string of the molecule is COCCOCCOCCOCC1CCCN(CCOCCOCCOC)C1. The van der Waals surface area contributed by atoms with Crippen molar-refractivity contribution in [1.29, 1.82) is 0 Å². The molecule has 0 radical (unpaired) electrons. The van der Waals surface area contributed by atoms with E-state index in [2.05, 4.69) is 4.90 Å². The van der Waals surface area contributed by atoms with Crippen molar-refractivity contribution in [2.24, 2.45) is 5.92 Å². The van der Waals surface area contributed by atoms with Gasteiger partial charge in [0.2, 0.25) is 0 Å². The monoisotopic (exact) mass is 407 g/mol. The molecule has 1 aliphatic heterocycles. The predicted molar refractivity (Wildman–Crippen MR) is 107 cm³/mol. The fourth-order valence-corrected chi connectivity index (χ4v) is 2.98. The second-order valence-corrected chi connectivity index (χ2v) is 6.82. The Morgan fingerprint density at radius 2 is 1.14 bits per heavy atom. The molecule has 0 aromatic carbocycles. The number of hydrogen-bond donors (Lipinski definition) is 0. The van der Waals surface area contributed by atoms with Gasteiger partial charge in [-0.3, -0.25) is 0 Å². The maximum absolute atomic E-state index is 5.79. The first-order valence-corrected chi connectivity index (χ1v) is 10.5. The van der Waals surface area contributed by atoms with E-state index in [9.17, 15) is 0 Å². The average molecular weight is 408 g/mol. The van der Waals surface area contributed by atoms with E-state index in [4.69, 9.17) is 33.2 Å². The molecule has 28 heavy (non-hydrogen) atoms. The maximum atomic E-state index is 5.79. The number of ether oxygens (including phenoxy) is 7. The average Bonchev–Trinajstić information content (AvgIpc) is 2.72. The Hall–Kier alpha value is -0.320. The molecule has 0 saturated carbocycles. The van der Waals surface area contributed by atoms with E-state index < -0.39 is 0 Å². The standard InChI is InChI=1S/C20H41NO7/c1-22-8-10-25-13-12-24-7-6-21-5-3-4-20(18-21)19-28-17-16-27-15-14-26-11-9-23-2/h20H,3-19H2,1-2H3. The van der Waals surface area contributed by atoms with Gasteiger partial charge in [0.25, 0.3) is 0 Å². The van der Waals surface area contributed by atoms with Crippen LogP contribution in [0.4, 0.5) is 0 Å². The van der Waals surface area contributed by atoms with Crippen LogP contribution in [-0.2, 0) is 33.2 Å². The Bertz CT molecular complexity index is 323. The van der Waals surface area contributed by atoms with Gasteiger partial charge in [-0.15, -0.1) is 0 Å². The Labute approximate surface area is 170 Å². The summed E-state index contributed by atoms with van der Waals surface area (Å²) >= 11 is 0. The van der Waals surface area contributed by atoms with Crippen molar-refractivity contribution < 1.29 is 33.2 Å². The Kier molecular flexibility index (Phi) is 18.3. The van der Waals surface area contributed by atoms with Crippen LogP contribution in [0, 0.1) is 5.92 Å². The minimum atomic E-state index is 0.599. The molecule has 1 unspecified atom stereocenters. The molecule has 0 aromatic heterocycles. The van der Waals surface area contributed by atoms with Crippen molar-refractivity contribution in [2.75, 3.05) is 113 Å². The van der Waals surface area contributed by atoms with Gasteiger partial charge in [-0.2, -0.15) is 0 Å². The molecule has 0 spiro atoms. The molecule has 1 rings (SSSR count). The predicted octanol–water partition coefficient (Wildman–Crippen LogP) is 1.07. The fraction of sp³-hybridized carbons (Fsp3) is 1.00. The molecule has 8 nitrogen and oxygen atoms in total. The van der Waals surface area contributed by atoms with Crippen molar-refractivity contribution in [1.82, 2.24) is 4.90 Å². The number of rotatable bonds is 20. The highest BCUT2D eigenvalue weighted by atomic mass is 16.6. The number of likely N-dealkylation sites (tertiary alicyclic amines) is 1. The lowest BCUT2D eigenvalue weighted by atomic mass is 9.99. The third-order valence-corrected chi connectivity index (χ3v) is 4.49. The van der Waals surface area contributed by atoms with E-state index in [1.807, 2.05) is 0 Å². The van der Waals surface area contributed by atoms with Crippen LogP contribution < -0.4 is 0 Å². The molecule has 168 valence electrons. The van der Waals surface area contributed by atoms with Crippen molar-refractivity contribution in [3.8, 4) is 0 Å². The van der Waals surface area contributed by atoms with Crippen LogP contribution in [0.15, 0.2) is 0 Å². The van der Waals surface area contributed by atoms with Crippen molar-refractivity contribution in [2.45, 2.75) is 12.8 Å². The number of hydrogen-bond acceptors (Lipinski definition) is 8.